The van der Waals surface area contributed by atoms with Crippen LogP contribution in [0.3, 0.4) is 0 Å². The van der Waals surface area contributed by atoms with Gasteiger partial charge in [-0.1, -0.05) is 23.7 Å². The van der Waals surface area contributed by atoms with Gasteiger partial charge in [-0.05, 0) is 55.7 Å². The molecule has 0 aliphatic carbocycles. The average molecular weight is 382 g/mol. The number of ether oxygens (including phenoxy) is 1. The number of carbonyl (C=O) groups is 1. The van der Waals surface area contributed by atoms with E-state index in [0.717, 1.165) is 21.0 Å². The minimum Gasteiger partial charge on any atom is -0.422 e. The normalized spacial score (nSPS) is 11.6. The summed E-state index contributed by atoms with van der Waals surface area (Å²) < 4.78 is 31.2. The van der Waals surface area contributed by atoms with Crippen LogP contribution in [-0.2, 0) is 10.0 Å². The first kappa shape index (κ1) is 19.4. The van der Waals surface area contributed by atoms with Crippen molar-refractivity contribution >= 4 is 27.6 Å². The summed E-state index contributed by atoms with van der Waals surface area (Å²) in [6.07, 6.45) is 0. The molecule has 5 nitrogen and oxygen atoms in total. The number of aryl methyl sites for hydroxylation is 2. The van der Waals surface area contributed by atoms with Gasteiger partial charge in [0, 0.05) is 14.1 Å². The molecule has 0 unspecified atom stereocenters. The molecule has 0 fully saturated rings. The Balaban J connectivity index is 2.44. The Morgan fingerprint density at radius 1 is 1.04 bits per heavy atom. The molecule has 0 saturated heterocycles. The van der Waals surface area contributed by atoms with Gasteiger partial charge in [0.1, 0.15) is 10.6 Å². The highest BCUT2D eigenvalue weighted by Gasteiger charge is 2.23. The largest absolute Gasteiger partial charge is 0.422 e. The highest BCUT2D eigenvalue weighted by atomic mass is 35.5. The third-order valence-corrected chi connectivity index (χ3v) is 6.29. The van der Waals surface area contributed by atoms with Crippen LogP contribution in [0.15, 0.2) is 35.2 Å². The van der Waals surface area contributed by atoms with Crippen LogP contribution in [0.2, 0.25) is 5.02 Å². The van der Waals surface area contributed by atoms with E-state index in [0.29, 0.717) is 5.75 Å². The molecule has 0 aromatic heterocycles. The summed E-state index contributed by atoms with van der Waals surface area (Å²) in [6, 6.07) is 7.88. The molecule has 2 aromatic carbocycles. The predicted molar refractivity (Wildman–Crippen MR) is 97.9 cm³/mol. The Morgan fingerprint density at radius 2 is 1.64 bits per heavy atom. The minimum atomic E-state index is -3.77. The van der Waals surface area contributed by atoms with Crippen molar-refractivity contribution in [2.45, 2.75) is 25.7 Å². The number of rotatable bonds is 4. The number of benzene rings is 2. The van der Waals surface area contributed by atoms with Crippen LogP contribution >= 0.6 is 11.6 Å². The Morgan fingerprint density at radius 3 is 2.24 bits per heavy atom. The lowest BCUT2D eigenvalue weighted by Crippen LogP contribution is -2.23. The predicted octanol–water partition coefficient (Wildman–Crippen LogP) is 3.73. The standard InChI is InChI=1S/C18H20ClNO4S/c1-11-6-7-12(2)17(13(11)3)24-18(21)14-8-9-15(19)16(10-14)25(22,23)20(4)5/h6-10H,1-5H3. The SMILES string of the molecule is Cc1ccc(C)c(OC(=O)c2ccc(Cl)c(S(=O)(=O)N(C)C)c2)c1C. The summed E-state index contributed by atoms with van der Waals surface area (Å²) in [7, 11) is -0.968. The van der Waals surface area contributed by atoms with Gasteiger partial charge in [-0.2, -0.15) is 0 Å². The molecule has 0 aliphatic heterocycles. The molecule has 134 valence electrons. The van der Waals surface area contributed by atoms with Gasteiger partial charge in [-0.25, -0.2) is 17.5 Å². The number of esters is 1. The molecule has 25 heavy (non-hydrogen) atoms. The second kappa shape index (κ2) is 7.15. The van der Waals surface area contributed by atoms with E-state index in [2.05, 4.69) is 0 Å². The third-order valence-electron chi connectivity index (χ3n) is 3.99. The topological polar surface area (TPSA) is 63.7 Å². The molecule has 2 rings (SSSR count). The molecule has 0 bridgehead atoms. The van der Waals surface area contributed by atoms with Crippen LogP contribution < -0.4 is 4.74 Å². The number of hydrogen-bond acceptors (Lipinski definition) is 4. The third kappa shape index (κ3) is 3.86. The Bertz CT molecular complexity index is 936. The van der Waals surface area contributed by atoms with Gasteiger partial charge in [-0.3, -0.25) is 0 Å². The maximum absolute atomic E-state index is 12.5. The Labute approximate surface area is 153 Å². The van der Waals surface area contributed by atoms with Gasteiger partial charge in [0.2, 0.25) is 10.0 Å². The van der Waals surface area contributed by atoms with Gasteiger partial charge in [0.25, 0.3) is 0 Å². The maximum atomic E-state index is 12.5. The fraction of sp³-hybridized carbons (Fsp3) is 0.278. The minimum absolute atomic E-state index is 0.0492. The van der Waals surface area contributed by atoms with Gasteiger partial charge in [-0.15, -0.1) is 0 Å². The van der Waals surface area contributed by atoms with Crippen molar-refractivity contribution < 1.29 is 17.9 Å². The summed E-state index contributed by atoms with van der Waals surface area (Å²) in [5.41, 5.74) is 2.81. The van der Waals surface area contributed by atoms with E-state index in [4.69, 9.17) is 16.3 Å². The van der Waals surface area contributed by atoms with E-state index in [1.54, 1.807) is 0 Å². The number of hydrogen-bond donors (Lipinski definition) is 0. The molecule has 7 heteroatoms. The zero-order chi connectivity index (χ0) is 18.9. The van der Waals surface area contributed by atoms with E-state index in [-0.39, 0.29) is 15.5 Å². The first-order valence-corrected chi connectivity index (χ1v) is 9.38. The van der Waals surface area contributed by atoms with Crippen molar-refractivity contribution in [1.29, 1.82) is 0 Å². The molecule has 2 aromatic rings. The van der Waals surface area contributed by atoms with Crippen molar-refractivity contribution in [3.05, 3.63) is 57.6 Å². The lowest BCUT2D eigenvalue weighted by molar-refractivity contribution is 0.0732. The first-order chi connectivity index (χ1) is 11.6. The van der Waals surface area contributed by atoms with Gasteiger partial charge < -0.3 is 4.74 Å². The monoisotopic (exact) mass is 381 g/mol. The molecule has 0 atom stereocenters. The summed E-state index contributed by atoms with van der Waals surface area (Å²) in [5, 5.41) is 0.0492. The van der Waals surface area contributed by atoms with E-state index >= 15 is 0 Å². The molecule has 0 radical (unpaired) electrons. The van der Waals surface area contributed by atoms with Crippen molar-refractivity contribution in [2.24, 2.45) is 0 Å². The van der Waals surface area contributed by atoms with Gasteiger partial charge >= 0.3 is 5.97 Å². The van der Waals surface area contributed by atoms with Crippen LogP contribution in [0.5, 0.6) is 5.75 Å². The van der Waals surface area contributed by atoms with E-state index < -0.39 is 16.0 Å². The van der Waals surface area contributed by atoms with Crippen molar-refractivity contribution in [1.82, 2.24) is 4.31 Å². The maximum Gasteiger partial charge on any atom is 0.343 e. The number of nitrogens with zero attached hydrogens (tertiary/aromatic N) is 1. The second-order valence-electron chi connectivity index (χ2n) is 5.98. The highest BCUT2D eigenvalue weighted by Crippen LogP contribution is 2.28. The van der Waals surface area contributed by atoms with E-state index in [1.807, 2.05) is 32.9 Å². The molecular weight excluding hydrogens is 362 g/mol. The molecule has 0 amide bonds. The lowest BCUT2D eigenvalue weighted by atomic mass is 10.1. The van der Waals surface area contributed by atoms with Gasteiger partial charge in [0.05, 0.1) is 10.6 Å². The zero-order valence-corrected chi connectivity index (χ0v) is 16.3. The number of halogens is 1. The van der Waals surface area contributed by atoms with Crippen LogP contribution in [0, 0.1) is 20.8 Å². The fourth-order valence-electron chi connectivity index (χ4n) is 2.26. The fourth-order valence-corrected chi connectivity index (χ4v) is 3.65. The van der Waals surface area contributed by atoms with Gasteiger partial charge in [0.15, 0.2) is 0 Å². The summed E-state index contributed by atoms with van der Waals surface area (Å²) >= 11 is 6.00. The number of carbonyl (C=O) groups excluding carboxylic acids is 1. The molecule has 0 spiro atoms. The van der Waals surface area contributed by atoms with Crippen LogP contribution in [0.1, 0.15) is 27.0 Å². The molecule has 0 saturated carbocycles. The Kier molecular flexibility index (Phi) is 5.56. The molecular formula is C18H20ClNO4S. The van der Waals surface area contributed by atoms with Crippen LogP contribution in [-0.4, -0.2) is 32.8 Å². The lowest BCUT2D eigenvalue weighted by Gasteiger charge is -2.15. The second-order valence-corrected chi connectivity index (χ2v) is 8.50. The van der Waals surface area contributed by atoms with E-state index in [9.17, 15) is 13.2 Å². The summed E-state index contributed by atoms with van der Waals surface area (Å²) in [6.45, 7) is 5.64. The van der Waals surface area contributed by atoms with Crippen LogP contribution in [0.4, 0.5) is 0 Å². The van der Waals surface area contributed by atoms with Crippen molar-refractivity contribution in [2.75, 3.05) is 14.1 Å². The first-order valence-electron chi connectivity index (χ1n) is 7.56. The Hall–Kier alpha value is -1.89. The number of sulfonamides is 1. The zero-order valence-electron chi connectivity index (χ0n) is 14.8. The quantitative estimate of drug-likeness (QED) is 0.598. The van der Waals surface area contributed by atoms with E-state index in [1.165, 1.54) is 32.3 Å². The van der Waals surface area contributed by atoms with Crippen molar-refractivity contribution in [3.63, 3.8) is 0 Å². The summed E-state index contributed by atoms with van der Waals surface area (Å²) in [5.74, 6) is -0.152. The van der Waals surface area contributed by atoms with Crippen molar-refractivity contribution in [3.8, 4) is 5.75 Å². The molecule has 0 aliphatic rings. The smallest absolute Gasteiger partial charge is 0.343 e. The molecule has 0 heterocycles. The average Bonchev–Trinajstić information content (AvgIpc) is 2.55. The molecule has 0 N–H and O–H groups in total. The summed E-state index contributed by atoms with van der Waals surface area (Å²) in [4.78, 5) is 12.4. The highest BCUT2D eigenvalue weighted by molar-refractivity contribution is 7.89. The van der Waals surface area contributed by atoms with Crippen LogP contribution in [0.25, 0.3) is 0 Å².